The first kappa shape index (κ1) is 29.3. The van der Waals surface area contributed by atoms with Crippen LogP contribution in [-0.4, -0.2) is 49.9 Å². The molecule has 0 aromatic heterocycles. The molecule has 0 spiro atoms. The van der Waals surface area contributed by atoms with Crippen LogP contribution >= 0.6 is 24.8 Å². The summed E-state index contributed by atoms with van der Waals surface area (Å²) >= 11 is 0. The summed E-state index contributed by atoms with van der Waals surface area (Å²) < 4.78 is 0. The summed E-state index contributed by atoms with van der Waals surface area (Å²) in [7, 11) is 0. The van der Waals surface area contributed by atoms with Crippen molar-refractivity contribution in [3.05, 3.63) is 83.4 Å². The van der Waals surface area contributed by atoms with Crippen LogP contribution in [-0.2, 0) is 0 Å². The minimum atomic E-state index is -0.363. The van der Waals surface area contributed by atoms with Gasteiger partial charge in [-0.1, -0.05) is 24.3 Å². The summed E-state index contributed by atoms with van der Waals surface area (Å²) in [6.45, 7) is 5.00. The first-order chi connectivity index (χ1) is 18.0. The number of amidine groups is 2. The molecule has 10 nitrogen and oxygen atoms in total. The molecule has 5 rings (SSSR count). The van der Waals surface area contributed by atoms with Crippen LogP contribution in [0.5, 0.6) is 0 Å². The molecule has 39 heavy (non-hydrogen) atoms. The largest absolute Gasteiger partial charge is 0.368 e. The lowest BCUT2D eigenvalue weighted by Gasteiger charge is -2.13. The lowest BCUT2D eigenvalue weighted by Crippen LogP contribution is -2.22. The molecule has 0 saturated carbocycles. The maximum Gasteiger partial charge on any atom is 0.323 e. The lowest BCUT2D eigenvalue weighted by atomic mass is 10.1. The molecule has 3 aromatic rings. The van der Waals surface area contributed by atoms with E-state index in [1.54, 1.807) is 18.2 Å². The molecule has 6 N–H and O–H groups in total. The van der Waals surface area contributed by atoms with E-state index in [9.17, 15) is 9.59 Å². The number of aliphatic imine (C=N–C) groups is 2. The van der Waals surface area contributed by atoms with Gasteiger partial charge in [-0.05, 0) is 55.0 Å². The van der Waals surface area contributed by atoms with Gasteiger partial charge in [-0.25, -0.2) is 9.59 Å². The zero-order chi connectivity index (χ0) is 25.6. The van der Waals surface area contributed by atoms with Gasteiger partial charge >= 0.3 is 12.1 Å². The fourth-order valence-electron chi connectivity index (χ4n) is 4.13. The highest BCUT2D eigenvalue weighted by Gasteiger charge is 2.12. The number of benzene rings is 3. The Balaban J connectivity index is 0.00000210. The monoisotopic (exact) mass is 568 g/mol. The van der Waals surface area contributed by atoms with Gasteiger partial charge in [-0.15, -0.1) is 24.8 Å². The quantitative estimate of drug-likeness (QED) is 0.254. The number of anilines is 4. The van der Waals surface area contributed by atoms with Gasteiger partial charge in [0.25, 0.3) is 0 Å². The van der Waals surface area contributed by atoms with Crippen molar-refractivity contribution in [1.29, 1.82) is 0 Å². The molecule has 0 radical (unpaired) electrons. The summed E-state index contributed by atoms with van der Waals surface area (Å²) in [5.41, 5.74) is 5.23. The third kappa shape index (κ3) is 7.62. The highest BCUT2D eigenvalue weighted by atomic mass is 35.5. The Morgan fingerprint density at radius 2 is 1.15 bits per heavy atom. The first-order valence-electron chi connectivity index (χ1n) is 12.1. The highest BCUT2D eigenvalue weighted by Crippen LogP contribution is 2.21. The first-order valence-corrected chi connectivity index (χ1v) is 12.1. The summed E-state index contributed by atoms with van der Waals surface area (Å²) in [6.07, 6.45) is 0. The van der Waals surface area contributed by atoms with Crippen LogP contribution in [0.4, 0.5) is 32.3 Å². The highest BCUT2D eigenvalue weighted by molar-refractivity contribution is 6.05. The van der Waals surface area contributed by atoms with Crippen LogP contribution in [0.25, 0.3) is 0 Å². The average Bonchev–Trinajstić information content (AvgIpc) is 3.61. The second kappa shape index (κ2) is 13.5. The predicted molar refractivity (Wildman–Crippen MR) is 163 cm³/mol. The third-order valence-electron chi connectivity index (χ3n) is 5.87. The van der Waals surface area contributed by atoms with Crippen LogP contribution in [0.15, 0.2) is 76.7 Å². The fraction of sp³-hybridized carbons (Fsp3) is 0.185. The van der Waals surface area contributed by atoms with E-state index in [0.717, 1.165) is 54.5 Å². The van der Waals surface area contributed by atoms with Gasteiger partial charge in [0, 0.05) is 47.0 Å². The Hall–Kier alpha value is -4.28. The maximum absolute atomic E-state index is 12.6. The molecule has 12 heteroatoms. The molecule has 0 saturated heterocycles. The maximum atomic E-state index is 12.6. The minimum Gasteiger partial charge on any atom is -0.368 e. The van der Waals surface area contributed by atoms with Crippen molar-refractivity contribution in [3.63, 3.8) is 0 Å². The van der Waals surface area contributed by atoms with Crippen molar-refractivity contribution < 1.29 is 9.59 Å². The summed E-state index contributed by atoms with van der Waals surface area (Å²) in [5.74, 6) is 1.67. The molecular formula is C27H30Cl2N8O2. The van der Waals surface area contributed by atoms with Crippen LogP contribution in [0, 0.1) is 6.92 Å². The van der Waals surface area contributed by atoms with Crippen LogP contribution in [0.2, 0.25) is 0 Å². The van der Waals surface area contributed by atoms with Crippen LogP contribution < -0.4 is 31.9 Å². The van der Waals surface area contributed by atoms with E-state index in [1.165, 1.54) is 0 Å². The Labute approximate surface area is 239 Å². The Kier molecular flexibility index (Phi) is 10.1. The Morgan fingerprint density at radius 1 is 0.667 bits per heavy atom. The Bertz CT molecular complexity index is 1410. The number of nitrogens with one attached hydrogen (secondary N) is 6. The zero-order valence-electron chi connectivity index (χ0n) is 21.2. The SMILES string of the molecule is Cc1cc(NC(=O)Nc2cccc(C3=NCCN3)c2)ccc1NC(=O)Nc1cccc(C2=NCCN2)c1.Cl.Cl. The standard InChI is InChI=1S/C27H28N8O2.2ClH/c1-17-14-22(34-26(36)32-20-6-2-4-18(15-20)24-28-10-11-29-24)8-9-23(17)35-27(37)33-21-7-3-5-19(16-21)25-30-12-13-31-25;;/h2-9,14-16H,10-13H2,1H3,(H,28,29)(H,30,31)(H2,32,34,36)(H2,33,35,37);2*1H. The third-order valence-corrected chi connectivity index (χ3v) is 5.87. The van der Waals surface area contributed by atoms with Crippen molar-refractivity contribution in [3.8, 4) is 0 Å². The van der Waals surface area contributed by atoms with Gasteiger partial charge in [0.1, 0.15) is 11.7 Å². The van der Waals surface area contributed by atoms with E-state index in [2.05, 4.69) is 41.9 Å². The van der Waals surface area contributed by atoms with Crippen molar-refractivity contribution in [2.75, 3.05) is 47.4 Å². The summed E-state index contributed by atoms with van der Waals surface area (Å²) in [5, 5.41) is 17.8. The molecule has 0 atom stereocenters. The molecule has 4 amide bonds. The van der Waals surface area contributed by atoms with E-state index in [1.807, 2.05) is 55.5 Å². The van der Waals surface area contributed by atoms with Crippen LogP contribution in [0.3, 0.4) is 0 Å². The van der Waals surface area contributed by atoms with Gasteiger partial charge in [-0.3, -0.25) is 9.98 Å². The topological polar surface area (TPSA) is 131 Å². The number of carbonyl (C=O) groups is 2. The van der Waals surface area contributed by atoms with E-state index < -0.39 is 0 Å². The summed E-state index contributed by atoms with van der Waals surface area (Å²) in [4.78, 5) is 34.0. The van der Waals surface area contributed by atoms with Gasteiger partial charge in [-0.2, -0.15) is 0 Å². The number of halogens is 2. The number of aryl methyl sites for hydroxylation is 1. The predicted octanol–water partition coefficient (Wildman–Crippen LogP) is 4.83. The zero-order valence-corrected chi connectivity index (χ0v) is 22.8. The van der Waals surface area contributed by atoms with Gasteiger partial charge in [0.05, 0.1) is 13.1 Å². The average molecular weight is 569 g/mol. The molecule has 0 bridgehead atoms. The fourth-order valence-corrected chi connectivity index (χ4v) is 4.13. The minimum absolute atomic E-state index is 0. The second-order valence-corrected chi connectivity index (χ2v) is 8.66. The van der Waals surface area contributed by atoms with Gasteiger partial charge < -0.3 is 31.9 Å². The van der Waals surface area contributed by atoms with Crippen molar-refractivity contribution >= 4 is 71.3 Å². The smallest absolute Gasteiger partial charge is 0.323 e. The molecule has 2 heterocycles. The number of hydrogen-bond donors (Lipinski definition) is 6. The molecular weight excluding hydrogens is 539 g/mol. The van der Waals surface area contributed by atoms with Gasteiger partial charge in [0.15, 0.2) is 0 Å². The number of nitrogens with zero attached hydrogens (tertiary/aromatic N) is 2. The molecule has 3 aromatic carbocycles. The lowest BCUT2D eigenvalue weighted by molar-refractivity contribution is 0.261. The van der Waals surface area contributed by atoms with Crippen molar-refractivity contribution in [1.82, 2.24) is 10.6 Å². The normalized spacial score (nSPS) is 13.4. The molecule has 0 fully saturated rings. The summed E-state index contributed by atoms with van der Waals surface area (Å²) in [6, 6.07) is 19.6. The van der Waals surface area contributed by atoms with Crippen LogP contribution in [0.1, 0.15) is 16.7 Å². The molecule has 0 unspecified atom stereocenters. The van der Waals surface area contributed by atoms with E-state index >= 15 is 0 Å². The van der Waals surface area contributed by atoms with E-state index in [0.29, 0.717) is 22.7 Å². The van der Waals surface area contributed by atoms with Crippen molar-refractivity contribution in [2.45, 2.75) is 6.92 Å². The molecule has 2 aliphatic heterocycles. The van der Waals surface area contributed by atoms with Crippen molar-refractivity contribution in [2.24, 2.45) is 9.98 Å². The number of amides is 4. The number of hydrogen-bond acceptors (Lipinski definition) is 6. The number of urea groups is 2. The number of carbonyl (C=O) groups excluding carboxylic acids is 2. The van der Waals surface area contributed by atoms with E-state index in [-0.39, 0.29) is 36.9 Å². The molecule has 204 valence electrons. The Morgan fingerprint density at radius 3 is 1.62 bits per heavy atom. The van der Waals surface area contributed by atoms with Gasteiger partial charge in [0.2, 0.25) is 0 Å². The molecule has 2 aliphatic rings. The van der Waals surface area contributed by atoms with E-state index in [4.69, 9.17) is 0 Å². The molecule has 0 aliphatic carbocycles. The number of rotatable bonds is 6. The second-order valence-electron chi connectivity index (χ2n) is 8.66.